The molecule has 1 fully saturated rings. The van der Waals surface area contributed by atoms with E-state index in [0.717, 1.165) is 19.3 Å². The van der Waals surface area contributed by atoms with Crippen LogP contribution in [0.3, 0.4) is 0 Å². The van der Waals surface area contributed by atoms with Gasteiger partial charge in [-0.25, -0.2) is 0 Å². The highest BCUT2D eigenvalue weighted by Gasteiger charge is 2.37. The summed E-state index contributed by atoms with van der Waals surface area (Å²) in [6.07, 6.45) is 3.12. The second-order valence-corrected chi connectivity index (χ2v) is 4.20. The molecule has 80 valence electrons. The lowest BCUT2D eigenvalue weighted by atomic mass is 9.82. The zero-order chi connectivity index (χ0) is 10.7. The Hall–Kier alpha value is -1.31. The van der Waals surface area contributed by atoms with Crippen LogP contribution in [0, 0.1) is 5.92 Å². The van der Waals surface area contributed by atoms with E-state index in [4.69, 9.17) is 0 Å². The van der Waals surface area contributed by atoms with Crippen molar-refractivity contribution in [3.05, 3.63) is 35.9 Å². The normalized spacial score (nSPS) is 24.5. The molecule has 1 amide bonds. The van der Waals surface area contributed by atoms with E-state index in [1.165, 1.54) is 5.56 Å². The summed E-state index contributed by atoms with van der Waals surface area (Å²) in [6.45, 7) is 2.16. The third-order valence-corrected chi connectivity index (χ3v) is 3.05. The highest BCUT2D eigenvalue weighted by atomic mass is 16.2. The maximum absolute atomic E-state index is 11.4. The van der Waals surface area contributed by atoms with Gasteiger partial charge >= 0.3 is 0 Å². The zero-order valence-corrected chi connectivity index (χ0v) is 9.07. The summed E-state index contributed by atoms with van der Waals surface area (Å²) in [4.78, 5) is 11.4. The van der Waals surface area contributed by atoms with Crippen LogP contribution in [0.4, 0.5) is 0 Å². The van der Waals surface area contributed by atoms with Crippen molar-refractivity contribution in [3.8, 4) is 0 Å². The molecule has 2 nitrogen and oxygen atoms in total. The summed E-state index contributed by atoms with van der Waals surface area (Å²) in [5.41, 5.74) is 1.26. The fourth-order valence-corrected chi connectivity index (χ4v) is 2.16. The molecule has 0 unspecified atom stereocenters. The molecule has 0 aliphatic carbocycles. The van der Waals surface area contributed by atoms with Crippen molar-refractivity contribution in [2.45, 2.75) is 32.2 Å². The third-order valence-electron chi connectivity index (χ3n) is 3.05. The summed E-state index contributed by atoms with van der Waals surface area (Å²) < 4.78 is 0. The van der Waals surface area contributed by atoms with Gasteiger partial charge in [-0.05, 0) is 18.4 Å². The van der Waals surface area contributed by atoms with Gasteiger partial charge < -0.3 is 5.32 Å². The minimum atomic E-state index is 0.201. The first kappa shape index (κ1) is 10.2. The van der Waals surface area contributed by atoms with Crippen LogP contribution in [0.5, 0.6) is 0 Å². The van der Waals surface area contributed by atoms with Crippen LogP contribution in [0.1, 0.15) is 25.3 Å². The van der Waals surface area contributed by atoms with Crippen LogP contribution in [0.25, 0.3) is 0 Å². The van der Waals surface area contributed by atoms with Gasteiger partial charge in [0.1, 0.15) is 0 Å². The highest BCUT2D eigenvalue weighted by molar-refractivity contribution is 5.86. The molecule has 0 spiro atoms. The lowest BCUT2D eigenvalue weighted by molar-refractivity contribution is -0.135. The van der Waals surface area contributed by atoms with Crippen LogP contribution in [0.15, 0.2) is 30.3 Å². The fourth-order valence-electron chi connectivity index (χ4n) is 2.16. The maximum Gasteiger partial charge on any atom is 0.225 e. The van der Waals surface area contributed by atoms with E-state index in [2.05, 4.69) is 24.4 Å². The Kier molecular flexibility index (Phi) is 3.05. The van der Waals surface area contributed by atoms with Gasteiger partial charge in [-0.2, -0.15) is 0 Å². The van der Waals surface area contributed by atoms with Crippen molar-refractivity contribution in [1.29, 1.82) is 0 Å². The first-order valence-corrected chi connectivity index (χ1v) is 5.65. The smallest absolute Gasteiger partial charge is 0.225 e. The fraction of sp³-hybridized carbons (Fsp3) is 0.462. The average molecular weight is 203 g/mol. The number of benzene rings is 1. The largest absolute Gasteiger partial charge is 0.352 e. The lowest BCUT2D eigenvalue weighted by Crippen LogP contribution is -2.58. The lowest BCUT2D eigenvalue weighted by Gasteiger charge is -2.36. The van der Waals surface area contributed by atoms with Gasteiger partial charge in [0.25, 0.3) is 0 Å². The Morgan fingerprint density at radius 2 is 2.00 bits per heavy atom. The molecule has 0 bridgehead atoms. The van der Waals surface area contributed by atoms with Crippen molar-refractivity contribution in [2.24, 2.45) is 5.92 Å². The van der Waals surface area contributed by atoms with E-state index in [9.17, 15) is 4.79 Å². The molecular formula is C13H17NO. The number of amides is 1. The summed E-state index contributed by atoms with van der Waals surface area (Å²) in [5, 5.41) is 2.98. The number of nitrogens with one attached hydrogen (secondary N) is 1. The minimum absolute atomic E-state index is 0.201. The SMILES string of the molecule is CCC[C@@H]1NC(=O)[C@H]1Cc1ccccc1. The van der Waals surface area contributed by atoms with Gasteiger partial charge in [-0.1, -0.05) is 43.7 Å². The number of β-lactam (4-membered cyclic amide) rings is 1. The molecule has 15 heavy (non-hydrogen) atoms. The quantitative estimate of drug-likeness (QED) is 0.746. The molecule has 0 aromatic heterocycles. The number of hydrogen-bond donors (Lipinski definition) is 1. The molecule has 1 aliphatic heterocycles. The Morgan fingerprint density at radius 3 is 2.60 bits per heavy atom. The van der Waals surface area contributed by atoms with Gasteiger partial charge in [-0.3, -0.25) is 4.79 Å². The number of hydrogen-bond acceptors (Lipinski definition) is 1. The number of carbonyl (C=O) groups excluding carboxylic acids is 1. The molecule has 1 aliphatic rings. The number of rotatable bonds is 4. The Morgan fingerprint density at radius 1 is 1.27 bits per heavy atom. The van der Waals surface area contributed by atoms with Gasteiger partial charge in [0, 0.05) is 6.04 Å². The van der Waals surface area contributed by atoms with Crippen molar-refractivity contribution in [1.82, 2.24) is 5.32 Å². The second kappa shape index (κ2) is 4.47. The molecular weight excluding hydrogens is 186 g/mol. The van der Waals surface area contributed by atoms with E-state index in [0.29, 0.717) is 6.04 Å². The van der Waals surface area contributed by atoms with Crippen molar-refractivity contribution in [2.75, 3.05) is 0 Å². The topological polar surface area (TPSA) is 29.1 Å². The number of carbonyl (C=O) groups is 1. The summed E-state index contributed by atoms with van der Waals surface area (Å²) >= 11 is 0. The zero-order valence-electron chi connectivity index (χ0n) is 9.07. The Bertz CT molecular complexity index is 334. The predicted molar refractivity (Wildman–Crippen MR) is 60.5 cm³/mol. The molecule has 2 rings (SSSR count). The molecule has 1 aromatic carbocycles. The molecule has 1 aromatic rings. The predicted octanol–water partition coefficient (Wildman–Crippen LogP) is 2.14. The van der Waals surface area contributed by atoms with E-state index >= 15 is 0 Å². The van der Waals surface area contributed by atoms with E-state index in [-0.39, 0.29) is 11.8 Å². The van der Waals surface area contributed by atoms with Crippen molar-refractivity contribution >= 4 is 5.91 Å². The highest BCUT2D eigenvalue weighted by Crippen LogP contribution is 2.23. The van der Waals surface area contributed by atoms with Crippen LogP contribution in [-0.4, -0.2) is 11.9 Å². The third kappa shape index (κ3) is 2.20. The van der Waals surface area contributed by atoms with Crippen molar-refractivity contribution < 1.29 is 4.79 Å². The first-order valence-electron chi connectivity index (χ1n) is 5.65. The average Bonchev–Trinajstić information content (AvgIpc) is 2.27. The second-order valence-electron chi connectivity index (χ2n) is 4.20. The van der Waals surface area contributed by atoms with Crippen molar-refractivity contribution in [3.63, 3.8) is 0 Å². The van der Waals surface area contributed by atoms with Crippen LogP contribution < -0.4 is 5.32 Å². The molecule has 0 saturated carbocycles. The molecule has 1 heterocycles. The Labute approximate surface area is 90.7 Å². The van der Waals surface area contributed by atoms with E-state index < -0.39 is 0 Å². The van der Waals surface area contributed by atoms with E-state index in [1.807, 2.05) is 18.2 Å². The molecule has 2 heteroatoms. The summed E-state index contributed by atoms with van der Waals surface area (Å²) in [7, 11) is 0. The molecule has 1 saturated heterocycles. The monoisotopic (exact) mass is 203 g/mol. The summed E-state index contributed by atoms with van der Waals surface area (Å²) in [6, 6.07) is 10.7. The van der Waals surface area contributed by atoms with Gasteiger partial charge in [0.05, 0.1) is 5.92 Å². The maximum atomic E-state index is 11.4. The molecule has 1 N–H and O–H groups in total. The standard InChI is InChI=1S/C13H17NO/c1-2-6-12-11(13(15)14-12)9-10-7-4-3-5-8-10/h3-5,7-8,11-12H,2,6,9H2,1H3,(H,14,15)/t11-,12-/m0/s1. The summed E-state index contributed by atoms with van der Waals surface area (Å²) in [5.74, 6) is 0.421. The van der Waals surface area contributed by atoms with Gasteiger partial charge in [-0.15, -0.1) is 0 Å². The van der Waals surface area contributed by atoms with E-state index in [1.54, 1.807) is 0 Å². The molecule has 2 atom stereocenters. The van der Waals surface area contributed by atoms with Crippen LogP contribution in [-0.2, 0) is 11.2 Å². The first-order chi connectivity index (χ1) is 7.31. The van der Waals surface area contributed by atoms with Crippen LogP contribution in [0.2, 0.25) is 0 Å². The minimum Gasteiger partial charge on any atom is -0.352 e. The Balaban J connectivity index is 1.96. The van der Waals surface area contributed by atoms with Gasteiger partial charge in [0.2, 0.25) is 5.91 Å². The van der Waals surface area contributed by atoms with Gasteiger partial charge in [0.15, 0.2) is 0 Å². The van der Waals surface area contributed by atoms with Crippen LogP contribution >= 0.6 is 0 Å². The molecule has 0 radical (unpaired) electrons.